The van der Waals surface area contributed by atoms with Gasteiger partial charge in [0.2, 0.25) is 0 Å². The van der Waals surface area contributed by atoms with Crippen LogP contribution in [0, 0.1) is 17.2 Å². The molecule has 2 aromatic rings. The van der Waals surface area contributed by atoms with E-state index in [0.717, 1.165) is 30.2 Å². The normalized spacial score (nSPS) is 13.6. The second kappa shape index (κ2) is 6.94. The molecule has 0 aliphatic rings. The van der Waals surface area contributed by atoms with Crippen LogP contribution in [0.3, 0.4) is 0 Å². The van der Waals surface area contributed by atoms with Crippen molar-refractivity contribution in [3.63, 3.8) is 0 Å². The van der Waals surface area contributed by atoms with Gasteiger partial charge < -0.3 is 4.79 Å². The molecule has 2 rings (SSSR count). The lowest BCUT2D eigenvalue weighted by Crippen LogP contribution is -2.07. The zero-order valence-electron chi connectivity index (χ0n) is 12.4. The summed E-state index contributed by atoms with van der Waals surface area (Å²) in [6.07, 6.45) is 6.68. The zero-order chi connectivity index (χ0) is 15.2. The van der Waals surface area contributed by atoms with Crippen molar-refractivity contribution in [1.82, 2.24) is 9.97 Å². The fraction of sp³-hybridized carbons (Fsp3) is 0.412. The SMILES string of the molecule is CCC(C)C[C@@H](CC=O)c1ccc(C#N)c2nccnc12. The van der Waals surface area contributed by atoms with E-state index in [0.29, 0.717) is 23.4 Å². The van der Waals surface area contributed by atoms with Crippen molar-refractivity contribution in [2.24, 2.45) is 5.92 Å². The van der Waals surface area contributed by atoms with Crippen molar-refractivity contribution in [2.45, 2.75) is 39.0 Å². The maximum atomic E-state index is 11.0. The predicted molar refractivity (Wildman–Crippen MR) is 81.7 cm³/mol. The number of nitrogens with zero attached hydrogens (tertiary/aromatic N) is 3. The Morgan fingerprint density at radius 3 is 2.62 bits per heavy atom. The second-order valence-corrected chi connectivity index (χ2v) is 5.42. The van der Waals surface area contributed by atoms with Crippen LogP contribution >= 0.6 is 0 Å². The lowest BCUT2D eigenvalue weighted by Gasteiger charge is -2.20. The Hall–Kier alpha value is -2.28. The summed E-state index contributed by atoms with van der Waals surface area (Å²) in [7, 11) is 0. The molecule has 0 aliphatic carbocycles. The minimum atomic E-state index is 0.129. The number of rotatable bonds is 6. The lowest BCUT2D eigenvalue weighted by molar-refractivity contribution is -0.108. The Labute approximate surface area is 124 Å². The molecule has 4 heteroatoms. The lowest BCUT2D eigenvalue weighted by atomic mass is 9.85. The highest BCUT2D eigenvalue weighted by Gasteiger charge is 2.19. The third kappa shape index (κ3) is 3.25. The van der Waals surface area contributed by atoms with Gasteiger partial charge >= 0.3 is 0 Å². The molecule has 0 saturated heterocycles. The third-order valence-corrected chi connectivity index (χ3v) is 3.98. The van der Waals surface area contributed by atoms with Gasteiger partial charge in [-0.2, -0.15) is 5.26 Å². The van der Waals surface area contributed by atoms with Gasteiger partial charge in [0.25, 0.3) is 0 Å². The second-order valence-electron chi connectivity index (χ2n) is 5.42. The zero-order valence-corrected chi connectivity index (χ0v) is 12.4. The van der Waals surface area contributed by atoms with Crippen LogP contribution in [0.15, 0.2) is 24.5 Å². The molecule has 108 valence electrons. The average Bonchev–Trinajstić information content (AvgIpc) is 2.53. The Morgan fingerprint density at radius 1 is 1.29 bits per heavy atom. The first-order valence-electron chi connectivity index (χ1n) is 7.28. The van der Waals surface area contributed by atoms with Crippen molar-refractivity contribution >= 4 is 17.3 Å². The van der Waals surface area contributed by atoms with E-state index in [-0.39, 0.29) is 5.92 Å². The molecule has 0 aliphatic heterocycles. The molecule has 21 heavy (non-hydrogen) atoms. The monoisotopic (exact) mass is 281 g/mol. The van der Waals surface area contributed by atoms with Crippen molar-refractivity contribution in [3.8, 4) is 6.07 Å². The summed E-state index contributed by atoms with van der Waals surface area (Å²) in [6, 6.07) is 5.85. The van der Waals surface area contributed by atoms with Gasteiger partial charge in [0.1, 0.15) is 17.9 Å². The van der Waals surface area contributed by atoms with Gasteiger partial charge in [0, 0.05) is 18.8 Å². The van der Waals surface area contributed by atoms with Gasteiger partial charge in [0.15, 0.2) is 0 Å². The van der Waals surface area contributed by atoms with Crippen LogP contribution in [0.5, 0.6) is 0 Å². The standard InChI is InChI=1S/C17H19N3O/c1-3-12(2)10-13(6-9-21)15-5-4-14(11-18)16-17(15)20-8-7-19-16/h4-5,7-9,12-13H,3,6,10H2,1-2H3/t12?,13-/m1/s1. The van der Waals surface area contributed by atoms with E-state index in [2.05, 4.69) is 29.9 Å². The number of hydrogen-bond donors (Lipinski definition) is 0. The summed E-state index contributed by atoms with van der Waals surface area (Å²) in [5, 5.41) is 9.18. The molecule has 0 saturated carbocycles. The Kier molecular flexibility index (Phi) is 4.99. The van der Waals surface area contributed by atoms with Gasteiger partial charge in [-0.15, -0.1) is 0 Å². The van der Waals surface area contributed by atoms with Crippen molar-refractivity contribution in [1.29, 1.82) is 5.26 Å². The van der Waals surface area contributed by atoms with E-state index >= 15 is 0 Å². The Bertz CT molecular complexity index is 675. The molecule has 0 bridgehead atoms. The molecule has 1 unspecified atom stereocenters. The molecule has 0 fully saturated rings. The number of hydrogen-bond acceptors (Lipinski definition) is 4. The fourth-order valence-corrected chi connectivity index (χ4v) is 2.62. The van der Waals surface area contributed by atoms with Crippen LogP contribution in [-0.2, 0) is 4.79 Å². The highest BCUT2D eigenvalue weighted by molar-refractivity contribution is 5.84. The minimum absolute atomic E-state index is 0.129. The maximum absolute atomic E-state index is 11.0. The first-order valence-corrected chi connectivity index (χ1v) is 7.28. The maximum Gasteiger partial charge on any atom is 0.120 e. The van der Waals surface area contributed by atoms with Gasteiger partial charge in [-0.1, -0.05) is 26.3 Å². The summed E-state index contributed by atoms with van der Waals surface area (Å²) in [5.41, 5.74) is 2.91. The van der Waals surface area contributed by atoms with Crippen LogP contribution < -0.4 is 0 Å². The summed E-state index contributed by atoms with van der Waals surface area (Å²) < 4.78 is 0. The number of carbonyl (C=O) groups excluding carboxylic acids is 1. The molecule has 4 nitrogen and oxygen atoms in total. The number of benzene rings is 1. The minimum Gasteiger partial charge on any atom is -0.303 e. The highest BCUT2D eigenvalue weighted by atomic mass is 16.1. The molecule has 1 aromatic carbocycles. The highest BCUT2D eigenvalue weighted by Crippen LogP contribution is 2.32. The molecule has 0 N–H and O–H groups in total. The molecule has 0 radical (unpaired) electrons. The van der Waals surface area contributed by atoms with Crippen molar-refractivity contribution in [3.05, 3.63) is 35.7 Å². The number of aromatic nitrogens is 2. The number of carbonyl (C=O) groups is 1. The van der Waals surface area contributed by atoms with Crippen LogP contribution in [-0.4, -0.2) is 16.3 Å². The van der Waals surface area contributed by atoms with E-state index < -0.39 is 0 Å². The smallest absolute Gasteiger partial charge is 0.120 e. The number of nitriles is 1. The Balaban J connectivity index is 2.53. The Morgan fingerprint density at radius 2 is 2.00 bits per heavy atom. The van der Waals surface area contributed by atoms with Crippen LogP contribution in [0.25, 0.3) is 11.0 Å². The molecular formula is C17H19N3O. The van der Waals surface area contributed by atoms with Crippen LogP contribution in [0.1, 0.15) is 50.2 Å². The van der Waals surface area contributed by atoms with E-state index in [4.69, 9.17) is 0 Å². The van der Waals surface area contributed by atoms with Gasteiger partial charge in [-0.25, -0.2) is 0 Å². The average molecular weight is 281 g/mol. The first-order chi connectivity index (χ1) is 10.2. The molecule has 2 atom stereocenters. The summed E-state index contributed by atoms with van der Waals surface area (Å²) in [5.74, 6) is 0.668. The predicted octanol–water partition coefficient (Wildman–Crippen LogP) is 3.61. The molecule has 0 amide bonds. The first kappa shape index (κ1) is 15.1. The van der Waals surface area contributed by atoms with E-state index in [9.17, 15) is 10.1 Å². The fourth-order valence-electron chi connectivity index (χ4n) is 2.62. The topological polar surface area (TPSA) is 66.6 Å². The van der Waals surface area contributed by atoms with Crippen LogP contribution in [0.2, 0.25) is 0 Å². The molecule has 1 heterocycles. The third-order valence-electron chi connectivity index (χ3n) is 3.98. The van der Waals surface area contributed by atoms with E-state index in [1.54, 1.807) is 18.5 Å². The van der Waals surface area contributed by atoms with Gasteiger partial charge in [0.05, 0.1) is 11.1 Å². The largest absolute Gasteiger partial charge is 0.303 e. The van der Waals surface area contributed by atoms with E-state index in [1.165, 1.54) is 0 Å². The van der Waals surface area contributed by atoms with Gasteiger partial charge in [-0.3, -0.25) is 9.97 Å². The molecule has 0 spiro atoms. The molecular weight excluding hydrogens is 262 g/mol. The van der Waals surface area contributed by atoms with Gasteiger partial charge in [-0.05, 0) is 29.9 Å². The quantitative estimate of drug-likeness (QED) is 0.758. The van der Waals surface area contributed by atoms with E-state index in [1.807, 2.05) is 6.07 Å². The molecule has 1 aromatic heterocycles. The van der Waals surface area contributed by atoms with Crippen molar-refractivity contribution < 1.29 is 4.79 Å². The summed E-state index contributed by atoms with van der Waals surface area (Å²) >= 11 is 0. The number of aldehydes is 1. The summed E-state index contributed by atoms with van der Waals surface area (Å²) in [4.78, 5) is 19.7. The van der Waals surface area contributed by atoms with Crippen LogP contribution in [0.4, 0.5) is 0 Å². The summed E-state index contributed by atoms with van der Waals surface area (Å²) in [6.45, 7) is 4.34. The van der Waals surface area contributed by atoms with Crippen molar-refractivity contribution in [2.75, 3.05) is 0 Å². The number of fused-ring (bicyclic) bond motifs is 1.